The molecule has 2 nitrogen and oxygen atoms in total. The largest absolute Gasteiger partial charge is 0.493 e. The first-order chi connectivity index (χ1) is 8.69. The molecule has 2 N–H and O–H groups in total. The number of rotatable bonds is 5. The number of aryl methyl sites for hydroxylation is 2. The normalized spacial score (nSPS) is 12.4. The third-order valence-electron chi connectivity index (χ3n) is 2.89. The van der Waals surface area contributed by atoms with Gasteiger partial charge in [-0.2, -0.15) is 0 Å². The number of ether oxygens (including phenoxy) is 1. The quantitative estimate of drug-likeness (QED) is 0.894. The van der Waals surface area contributed by atoms with E-state index in [9.17, 15) is 0 Å². The van der Waals surface area contributed by atoms with Crippen LogP contribution in [0.2, 0.25) is 0 Å². The zero-order chi connectivity index (χ0) is 13.0. The SMILES string of the molecule is Cc1cccc(OCC(CN)c2ccc(C)s2)c1. The summed E-state index contributed by atoms with van der Waals surface area (Å²) in [4.78, 5) is 2.63. The fourth-order valence-electron chi connectivity index (χ4n) is 1.84. The zero-order valence-electron chi connectivity index (χ0n) is 10.8. The van der Waals surface area contributed by atoms with Crippen molar-refractivity contribution in [3.05, 3.63) is 51.7 Å². The van der Waals surface area contributed by atoms with Crippen LogP contribution in [0.15, 0.2) is 36.4 Å². The molecule has 3 heteroatoms. The minimum Gasteiger partial charge on any atom is -0.493 e. The highest BCUT2D eigenvalue weighted by Gasteiger charge is 2.12. The molecule has 0 aliphatic rings. The molecular formula is C15H19NOS. The van der Waals surface area contributed by atoms with Gasteiger partial charge in [-0.1, -0.05) is 12.1 Å². The molecule has 2 aromatic rings. The maximum absolute atomic E-state index is 5.83. The molecule has 0 saturated carbocycles. The fraction of sp³-hybridized carbons (Fsp3) is 0.333. The molecule has 0 aliphatic heterocycles. The molecule has 0 spiro atoms. The summed E-state index contributed by atoms with van der Waals surface area (Å²) in [6, 6.07) is 12.4. The van der Waals surface area contributed by atoms with Crippen molar-refractivity contribution in [1.29, 1.82) is 0 Å². The van der Waals surface area contributed by atoms with E-state index in [2.05, 4.69) is 32.0 Å². The summed E-state index contributed by atoms with van der Waals surface area (Å²) < 4.78 is 5.83. The molecule has 0 aliphatic carbocycles. The van der Waals surface area contributed by atoms with Crippen LogP contribution in [0.1, 0.15) is 21.2 Å². The van der Waals surface area contributed by atoms with Gasteiger partial charge in [-0.15, -0.1) is 11.3 Å². The minimum absolute atomic E-state index is 0.282. The van der Waals surface area contributed by atoms with Crippen LogP contribution in [0.25, 0.3) is 0 Å². The van der Waals surface area contributed by atoms with Gasteiger partial charge in [0.05, 0.1) is 6.61 Å². The van der Waals surface area contributed by atoms with Crippen molar-refractivity contribution < 1.29 is 4.74 Å². The van der Waals surface area contributed by atoms with Gasteiger partial charge in [0, 0.05) is 22.2 Å². The second kappa shape index (κ2) is 6.03. The molecule has 1 atom stereocenters. The molecule has 0 radical (unpaired) electrons. The van der Waals surface area contributed by atoms with Crippen LogP contribution in [-0.2, 0) is 0 Å². The van der Waals surface area contributed by atoms with E-state index in [-0.39, 0.29) is 5.92 Å². The van der Waals surface area contributed by atoms with Crippen LogP contribution in [0, 0.1) is 13.8 Å². The predicted molar refractivity (Wildman–Crippen MR) is 77.5 cm³/mol. The van der Waals surface area contributed by atoms with Gasteiger partial charge >= 0.3 is 0 Å². The Morgan fingerprint density at radius 3 is 2.67 bits per heavy atom. The summed E-state index contributed by atoms with van der Waals surface area (Å²) in [5, 5.41) is 0. The van der Waals surface area contributed by atoms with Crippen molar-refractivity contribution in [2.75, 3.05) is 13.2 Å². The molecular weight excluding hydrogens is 242 g/mol. The van der Waals surface area contributed by atoms with E-state index in [0.29, 0.717) is 13.2 Å². The van der Waals surface area contributed by atoms with Crippen molar-refractivity contribution in [2.24, 2.45) is 5.73 Å². The second-order valence-corrected chi connectivity index (χ2v) is 5.83. The first-order valence-corrected chi connectivity index (χ1v) is 6.96. The molecule has 96 valence electrons. The average Bonchev–Trinajstić information content (AvgIpc) is 2.77. The molecule has 18 heavy (non-hydrogen) atoms. The highest BCUT2D eigenvalue weighted by atomic mass is 32.1. The van der Waals surface area contributed by atoms with Crippen LogP contribution in [-0.4, -0.2) is 13.2 Å². The van der Waals surface area contributed by atoms with Crippen LogP contribution in [0.5, 0.6) is 5.75 Å². The summed E-state index contributed by atoms with van der Waals surface area (Å²) in [5.74, 6) is 1.20. The van der Waals surface area contributed by atoms with Crippen LogP contribution < -0.4 is 10.5 Å². The number of nitrogens with two attached hydrogens (primary N) is 1. The van der Waals surface area contributed by atoms with Gasteiger partial charge in [-0.3, -0.25) is 0 Å². The number of hydrogen-bond acceptors (Lipinski definition) is 3. The van der Waals surface area contributed by atoms with E-state index in [4.69, 9.17) is 10.5 Å². The average molecular weight is 261 g/mol. The van der Waals surface area contributed by atoms with Gasteiger partial charge in [-0.25, -0.2) is 0 Å². The molecule has 1 unspecified atom stereocenters. The van der Waals surface area contributed by atoms with Crippen LogP contribution >= 0.6 is 11.3 Å². The Balaban J connectivity index is 1.99. The second-order valence-electron chi connectivity index (χ2n) is 4.51. The molecule has 0 saturated heterocycles. The predicted octanol–water partition coefficient (Wildman–Crippen LogP) is 3.49. The van der Waals surface area contributed by atoms with Crippen molar-refractivity contribution in [3.8, 4) is 5.75 Å². The lowest BCUT2D eigenvalue weighted by molar-refractivity contribution is 0.292. The third kappa shape index (κ3) is 3.34. The smallest absolute Gasteiger partial charge is 0.119 e. The summed E-state index contributed by atoms with van der Waals surface area (Å²) in [5.41, 5.74) is 7.05. The van der Waals surface area contributed by atoms with Crippen molar-refractivity contribution in [1.82, 2.24) is 0 Å². The standard InChI is InChI=1S/C15H19NOS/c1-11-4-3-5-14(8-11)17-10-13(9-16)15-7-6-12(2)18-15/h3-8,13H,9-10,16H2,1-2H3. The van der Waals surface area contributed by atoms with Gasteiger partial charge in [0.15, 0.2) is 0 Å². The van der Waals surface area contributed by atoms with E-state index in [1.165, 1.54) is 15.3 Å². The number of hydrogen-bond donors (Lipinski definition) is 1. The Morgan fingerprint density at radius 1 is 1.22 bits per heavy atom. The van der Waals surface area contributed by atoms with Crippen molar-refractivity contribution in [3.63, 3.8) is 0 Å². The lowest BCUT2D eigenvalue weighted by Crippen LogP contribution is -2.18. The number of benzene rings is 1. The van der Waals surface area contributed by atoms with Gasteiger partial charge in [0.25, 0.3) is 0 Å². The lowest BCUT2D eigenvalue weighted by Gasteiger charge is -2.14. The Bertz CT molecular complexity index is 507. The van der Waals surface area contributed by atoms with Crippen molar-refractivity contribution in [2.45, 2.75) is 19.8 Å². The summed E-state index contributed by atoms with van der Waals surface area (Å²) in [6.07, 6.45) is 0. The monoisotopic (exact) mass is 261 g/mol. The van der Waals surface area contributed by atoms with Crippen molar-refractivity contribution >= 4 is 11.3 Å². The van der Waals surface area contributed by atoms with Crippen LogP contribution in [0.3, 0.4) is 0 Å². The van der Waals surface area contributed by atoms with E-state index < -0.39 is 0 Å². The zero-order valence-corrected chi connectivity index (χ0v) is 11.7. The van der Waals surface area contributed by atoms with Gasteiger partial charge in [-0.05, 0) is 43.7 Å². The topological polar surface area (TPSA) is 35.2 Å². The Morgan fingerprint density at radius 2 is 2.06 bits per heavy atom. The number of thiophene rings is 1. The first-order valence-electron chi connectivity index (χ1n) is 6.15. The van der Waals surface area contributed by atoms with E-state index in [1.54, 1.807) is 11.3 Å². The molecule has 1 heterocycles. The molecule has 0 fully saturated rings. The maximum Gasteiger partial charge on any atom is 0.119 e. The Labute approximate surface area is 112 Å². The van der Waals surface area contributed by atoms with Gasteiger partial charge in [0.2, 0.25) is 0 Å². The van der Waals surface area contributed by atoms with Crippen LogP contribution in [0.4, 0.5) is 0 Å². The summed E-state index contributed by atoms with van der Waals surface area (Å²) >= 11 is 1.80. The molecule has 0 bridgehead atoms. The van der Waals surface area contributed by atoms with E-state index in [0.717, 1.165) is 5.75 Å². The minimum atomic E-state index is 0.282. The molecule has 1 aromatic carbocycles. The van der Waals surface area contributed by atoms with E-state index in [1.807, 2.05) is 18.2 Å². The van der Waals surface area contributed by atoms with Gasteiger partial charge < -0.3 is 10.5 Å². The lowest BCUT2D eigenvalue weighted by atomic mass is 10.1. The molecule has 1 aromatic heterocycles. The third-order valence-corrected chi connectivity index (χ3v) is 4.05. The Hall–Kier alpha value is -1.32. The summed E-state index contributed by atoms with van der Waals surface area (Å²) in [6.45, 7) is 5.44. The molecule has 2 rings (SSSR count). The maximum atomic E-state index is 5.83. The first kappa shape index (κ1) is 13.1. The Kier molecular flexibility index (Phi) is 4.39. The highest BCUT2D eigenvalue weighted by Crippen LogP contribution is 2.25. The van der Waals surface area contributed by atoms with E-state index >= 15 is 0 Å². The van der Waals surface area contributed by atoms with Gasteiger partial charge in [0.1, 0.15) is 5.75 Å². The highest BCUT2D eigenvalue weighted by molar-refractivity contribution is 7.12. The summed E-state index contributed by atoms with van der Waals surface area (Å²) in [7, 11) is 0. The molecule has 0 amide bonds. The fourth-order valence-corrected chi connectivity index (χ4v) is 2.82.